The fourth-order valence-electron chi connectivity index (χ4n) is 2.66. The number of carbonyl (C=O) groups excluding carboxylic acids is 2. The van der Waals surface area contributed by atoms with Gasteiger partial charge in [-0.15, -0.1) is 0 Å². The number of hydrogen-bond acceptors (Lipinski definition) is 5. The first-order valence-electron chi connectivity index (χ1n) is 9.61. The van der Waals surface area contributed by atoms with E-state index in [0.29, 0.717) is 28.0 Å². The molecule has 0 fully saturated rings. The van der Waals surface area contributed by atoms with Gasteiger partial charge in [0, 0.05) is 18.2 Å². The van der Waals surface area contributed by atoms with E-state index in [9.17, 15) is 9.59 Å². The van der Waals surface area contributed by atoms with Gasteiger partial charge in [0.2, 0.25) is 0 Å². The highest BCUT2D eigenvalue weighted by atomic mass is 79.9. The van der Waals surface area contributed by atoms with Gasteiger partial charge in [0.1, 0.15) is 0 Å². The van der Waals surface area contributed by atoms with Crippen molar-refractivity contribution in [1.82, 2.24) is 5.32 Å². The average molecular weight is 473 g/mol. The number of amides is 1. The van der Waals surface area contributed by atoms with Gasteiger partial charge in [0.05, 0.1) is 29.1 Å². The van der Waals surface area contributed by atoms with Crippen LogP contribution < -0.4 is 14.8 Å². The zero-order valence-corrected chi connectivity index (χ0v) is 19.1. The SMILES string of the molecule is CCOc1cc(C#N)cc(Br)c1OC(=O)CCNC(=O)c1ccc(C(C)(C)C)cc1. The molecule has 0 radical (unpaired) electrons. The van der Waals surface area contributed by atoms with Gasteiger partial charge < -0.3 is 14.8 Å². The second kappa shape index (κ2) is 10.3. The van der Waals surface area contributed by atoms with Gasteiger partial charge in [-0.1, -0.05) is 32.9 Å². The van der Waals surface area contributed by atoms with Crippen molar-refractivity contribution in [3.63, 3.8) is 0 Å². The van der Waals surface area contributed by atoms with Crippen LogP contribution in [0.3, 0.4) is 0 Å². The van der Waals surface area contributed by atoms with Gasteiger partial charge in [-0.05, 0) is 52.0 Å². The zero-order chi connectivity index (χ0) is 22.3. The molecule has 0 aliphatic rings. The summed E-state index contributed by atoms with van der Waals surface area (Å²) in [7, 11) is 0. The number of carbonyl (C=O) groups is 2. The molecule has 0 spiro atoms. The summed E-state index contributed by atoms with van der Waals surface area (Å²) in [4.78, 5) is 24.5. The summed E-state index contributed by atoms with van der Waals surface area (Å²) in [5, 5.41) is 11.8. The number of halogens is 1. The van der Waals surface area contributed by atoms with Crippen LogP contribution in [-0.2, 0) is 10.2 Å². The number of esters is 1. The third-order valence-electron chi connectivity index (χ3n) is 4.28. The van der Waals surface area contributed by atoms with E-state index in [1.807, 2.05) is 18.2 Å². The third kappa shape index (κ3) is 6.33. The lowest BCUT2D eigenvalue weighted by molar-refractivity contribution is -0.134. The van der Waals surface area contributed by atoms with E-state index in [1.165, 1.54) is 6.07 Å². The van der Waals surface area contributed by atoms with Crippen LogP contribution in [0, 0.1) is 11.3 Å². The van der Waals surface area contributed by atoms with E-state index in [1.54, 1.807) is 25.1 Å². The Bertz CT molecular complexity index is 957. The number of rotatable bonds is 7. The van der Waals surface area contributed by atoms with Crippen molar-refractivity contribution in [3.05, 3.63) is 57.6 Å². The number of ether oxygens (including phenoxy) is 2. The molecule has 30 heavy (non-hydrogen) atoms. The lowest BCUT2D eigenvalue weighted by Crippen LogP contribution is -2.27. The molecule has 1 N–H and O–H groups in total. The number of benzene rings is 2. The maximum absolute atomic E-state index is 12.3. The van der Waals surface area contributed by atoms with Gasteiger partial charge in [0.15, 0.2) is 11.5 Å². The molecule has 2 rings (SSSR count). The van der Waals surface area contributed by atoms with E-state index < -0.39 is 5.97 Å². The standard InChI is InChI=1S/C23H25BrN2O4/c1-5-29-19-13-15(14-25)12-18(24)21(19)30-20(27)10-11-26-22(28)16-6-8-17(9-7-16)23(2,3)4/h6-9,12-13H,5,10-11H2,1-4H3,(H,26,28). The Balaban J connectivity index is 1.94. The molecule has 0 unspecified atom stereocenters. The highest BCUT2D eigenvalue weighted by molar-refractivity contribution is 9.10. The summed E-state index contributed by atoms with van der Waals surface area (Å²) >= 11 is 3.30. The van der Waals surface area contributed by atoms with Crippen LogP contribution in [-0.4, -0.2) is 25.0 Å². The van der Waals surface area contributed by atoms with E-state index in [-0.39, 0.29) is 30.0 Å². The summed E-state index contributed by atoms with van der Waals surface area (Å²) in [5.74, 6) is -0.257. The number of nitriles is 1. The van der Waals surface area contributed by atoms with Crippen molar-refractivity contribution < 1.29 is 19.1 Å². The minimum absolute atomic E-state index is 0.0101. The molecule has 0 bridgehead atoms. The molecule has 0 saturated carbocycles. The van der Waals surface area contributed by atoms with E-state index in [4.69, 9.17) is 14.7 Å². The van der Waals surface area contributed by atoms with Gasteiger partial charge in [0.25, 0.3) is 5.91 Å². The van der Waals surface area contributed by atoms with Crippen LogP contribution in [0.25, 0.3) is 0 Å². The lowest BCUT2D eigenvalue weighted by atomic mass is 9.87. The van der Waals surface area contributed by atoms with Gasteiger partial charge in [-0.3, -0.25) is 9.59 Å². The molecule has 2 aromatic carbocycles. The van der Waals surface area contributed by atoms with Crippen LogP contribution in [0.4, 0.5) is 0 Å². The molecule has 0 aliphatic heterocycles. The highest BCUT2D eigenvalue weighted by Crippen LogP contribution is 2.37. The molecule has 0 aromatic heterocycles. The fraction of sp³-hybridized carbons (Fsp3) is 0.348. The summed E-state index contributed by atoms with van der Waals surface area (Å²) < 4.78 is 11.3. The number of nitrogens with zero attached hydrogens (tertiary/aromatic N) is 1. The summed E-state index contributed by atoms with van der Waals surface area (Å²) in [5.41, 5.74) is 2.07. The molecule has 1 amide bonds. The first kappa shape index (κ1) is 23.4. The van der Waals surface area contributed by atoms with E-state index >= 15 is 0 Å². The largest absolute Gasteiger partial charge is 0.490 e. The fourth-order valence-corrected chi connectivity index (χ4v) is 3.18. The maximum Gasteiger partial charge on any atom is 0.313 e. The summed E-state index contributed by atoms with van der Waals surface area (Å²) in [6.45, 7) is 8.61. The van der Waals surface area contributed by atoms with Crippen LogP contribution in [0.2, 0.25) is 0 Å². The zero-order valence-electron chi connectivity index (χ0n) is 17.5. The van der Waals surface area contributed by atoms with Crippen LogP contribution in [0.5, 0.6) is 11.5 Å². The Morgan fingerprint density at radius 1 is 1.17 bits per heavy atom. The first-order chi connectivity index (χ1) is 14.2. The van der Waals surface area contributed by atoms with Crippen molar-refractivity contribution in [2.24, 2.45) is 0 Å². The molecule has 0 atom stereocenters. The Morgan fingerprint density at radius 2 is 1.83 bits per heavy atom. The van der Waals surface area contributed by atoms with Crippen molar-refractivity contribution in [1.29, 1.82) is 5.26 Å². The summed E-state index contributed by atoms with van der Waals surface area (Å²) in [6, 6.07) is 12.5. The quantitative estimate of drug-likeness (QED) is 0.464. The minimum Gasteiger partial charge on any atom is -0.490 e. The van der Waals surface area contributed by atoms with Crippen LogP contribution in [0.1, 0.15) is 55.6 Å². The van der Waals surface area contributed by atoms with Crippen molar-refractivity contribution >= 4 is 27.8 Å². The Morgan fingerprint density at radius 3 is 2.40 bits per heavy atom. The Kier molecular flexibility index (Phi) is 8.01. The predicted octanol–water partition coefficient (Wildman–Crippen LogP) is 4.74. The van der Waals surface area contributed by atoms with Gasteiger partial charge in [-0.25, -0.2) is 0 Å². The molecule has 0 aliphatic carbocycles. The van der Waals surface area contributed by atoms with Crippen LogP contribution in [0.15, 0.2) is 40.9 Å². The monoisotopic (exact) mass is 472 g/mol. The van der Waals surface area contributed by atoms with Crippen molar-refractivity contribution in [3.8, 4) is 17.6 Å². The van der Waals surface area contributed by atoms with Crippen molar-refractivity contribution in [2.45, 2.75) is 39.5 Å². The number of nitrogens with one attached hydrogen (secondary N) is 1. The van der Waals surface area contributed by atoms with Gasteiger partial charge >= 0.3 is 5.97 Å². The normalized spacial score (nSPS) is 10.8. The first-order valence-corrected chi connectivity index (χ1v) is 10.4. The van der Waals surface area contributed by atoms with E-state index in [0.717, 1.165) is 5.56 Å². The highest BCUT2D eigenvalue weighted by Gasteiger charge is 2.17. The molecule has 6 nitrogen and oxygen atoms in total. The molecular formula is C23H25BrN2O4. The molecular weight excluding hydrogens is 448 g/mol. The second-order valence-corrected chi connectivity index (χ2v) is 8.49. The second-order valence-electron chi connectivity index (χ2n) is 7.64. The van der Waals surface area contributed by atoms with E-state index in [2.05, 4.69) is 42.0 Å². The van der Waals surface area contributed by atoms with Crippen LogP contribution >= 0.6 is 15.9 Å². The third-order valence-corrected chi connectivity index (χ3v) is 4.87. The minimum atomic E-state index is -0.523. The summed E-state index contributed by atoms with van der Waals surface area (Å²) in [6.07, 6.45) is -0.0101. The smallest absolute Gasteiger partial charge is 0.313 e. The Labute approximate surface area is 185 Å². The lowest BCUT2D eigenvalue weighted by Gasteiger charge is -2.19. The molecule has 2 aromatic rings. The average Bonchev–Trinajstić information content (AvgIpc) is 2.69. The maximum atomic E-state index is 12.3. The predicted molar refractivity (Wildman–Crippen MR) is 118 cm³/mol. The topological polar surface area (TPSA) is 88.4 Å². The van der Waals surface area contributed by atoms with Crippen molar-refractivity contribution in [2.75, 3.05) is 13.2 Å². The Hall–Kier alpha value is -2.85. The van der Waals surface area contributed by atoms with Gasteiger partial charge in [-0.2, -0.15) is 5.26 Å². The molecule has 158 valence electrons. The molecule has 0 saturated heterocycles. The molecule has 7 heteroatoms. The molecule has 0 heterocycles. The number of hydrogen-bond donors (Lipinski definition) is 1.